The number of anilines is 1. The summed E-state index contributed by atoms with van der Waals surface area (Å²) in [4.78, 5) is 10.9. The second-order valence-electron chi connectivity index (χ2n) is 3.85. The number of nitrogens with two attached hydrogens (primary N) is 1. The van der Waals surface area contributed by atoms with Gasteiger partial charge >= 0.3 is 5.97 Å². The van der Waals surface area contributed by atoms with Gasteiger partial charge in [0.1, 0.15) is 11.5 Å². The fraction of sp³-hybridized carbons (Fsp3) is 0. The van der Waals surface area contributed by atoms with Crippen molar-refractivity contribution in [1.82, 2.24) is 0 Å². The van der Waals surface area contributed by atoms with Crippen molar-refractivity contribution < 1.29 is 14.6 Å². The molecule has 4 nitrogen and oxygen atoms in total. The Bertz CT molecular complexity index is 692. The zero-order chi connectivity index (χ0) is 14.9. The average molecular weight is 377 g/mol. The van der Waals surface area contributed by atoms with Gasteiger partial charge < -0.3 is 15.6 Å². The minimum absolute atomic E-state index is 0.0114. The normalized spacial score (nSPS) is 10.3. The summed E-state index contributed by atoms with van der Waals surface area (Å²) in [5.41, 5.74) is 5.76. The fourth-order valence-electron chi connectivity index (χ4n) is 1.51. The van der Waals surface area contributed by atoms with Crippen LogP contribution in [0.5, 0.6) is 11.5 Å². The van der Waals surface area contributed by atoms with Crippen LogP contribution in [0.15, 0.2) is 34.8 Å². The van der Waals surface area contributed by atoms with Crippen molar-refractivity contribution in [1.29, 1.82) is 0 Å². The Kier molecular flexibility index (Phi) is 4.42. The Morgan fingerprint density at radius 2 is 1.90 bits per heavy atom. The topological polar surface area (TPSA) is 72.5 Å². The van der Waals surface area contributed by atoms with E-state index in [1.807, 2.05) is 0 Å². The van der Waals surface area contributed by atoms with Crippen LogP contribution in [-0.2, 0) is 0 Å². The molecule has 20 heavy (non-hydrogen) atoms. The Balaban J connectivity index is 2.33. The summed E-state index contributed by atoms with van der Waals surface area (Å²) in [6.45, 7) is 0. The number of ether oxygens (including phenoxy) is 1. The standard InChI is InChI=1S/C13H8BrCl2NO3/c14-8-4-10(16)12(5-9(8)15)20-6-1-2-7(13(18)19)11(17)3-6/h1-5H,17H2,(H,18,19). The Morgan fingerprint density at radius 3 is 2.50 bits per heavy atom. The molecule has 2 aromatic carbocycles. The van der Waals surface area contributed by atoms with Crippen molar-refractivity contribution in [3.05, 3.63) is 50.4 Å². The average Bonchev–Trinajstić information content (AvgIpc) is 2.35. The lowest BCUT2D eigenvalue weighted by atomic mass is 10.2. The lowest BCUT2D eigenvalue weighted by Crippen LogP contribution is -2.02. The molecule has 0 amide bonds. The number of hydrogen-bond acceptors (Lipinski definition) is 3. The maximum absolute atomic E-state index is 10.9. The van der Waals surface area contributed by atoms with Crippen molar-refractivity contribution in [3.63, 3.8) is 0 Å². The first-order valence-corrected chi connectivity index (χ1v) is 6.88. The summed E-state index contributed by atoms with van der Waals surface area (Å²) >= 11 is 15.2. The van der Waals surface area contributed by atoms with Crippen molar-refractivity contribution in [3.8, 4) is 11.5 Å². The van der Waals surface area contributed by atoms with Gasteiger partial charge in [-0.2, -0.15) is 0 Å². The highest BCUT2D eigenvalue weighted by molar-refractivity contribution is 9.10. The number of carboxylic acid groups (broad SMARTS) is 1. The van der Waals surface area contributed by atoms with Crippen molar-refractivity contribution >= 4 is 50.8 Å². The van der Waals surface area contributed by atoms with E-state index in [0.29, 0.717) is 26.0 Å². The molecular weight excluding hydrogens is 369 g/mol. The van der Waals surface area contributed by atoms with Crippen molar-refractivity contribution in [2.24, 2.45) is 0 Å². The minimum atomic E-state index is -1.10. The monoisotopic (exact) mass is 375 g/mol. The van der Waals surface area contributed by atoms with Crippen LogP contribution in [-0.4, -0.2) is 11.1 Å². The van der Waals surface area contributed by atoms with Gasteiger partial charge in [-0.1, -0.05) is 23.2 Å². The number of carboxylic acids is 1. The first kappa shape index (κ1) is 15.0. The molecule has 0 saturated heterocycles. The molecule has 0 unspecified atom stereocenters. The SMILES string of the molecule is Nc1cc(Oc2cc(Cl)c(Br)cc2Cl)ccc1C(=O)O. The van der Waals surface area contributed by atoms with Gasteiger partial charge in [-0.05, 0) is 34.1 Å². The lowest BCUT2D eigenvalue weighted by molar-refractivity contribution is 0.0698. The van der Waals surface area contributed by atoms with Crippen LogP contribution in [0.25, 0.3) is 0 Å². The number of nitrogen functional groups attached to an aromatic ring is 1. The molecule has 2 rings (SSSR count). The highest BCUT2D eigenvalue weighted by Crippen LogP contribution is 2.37. The molecule has 0 fully saturated rings. The smallest absolute Gasteiger partial charge is 0.337 e. The first-order chi connectivity index (χ1) is 9.38. The summed E-state index contributed by atoms with van der Waals surface area (Å²) in [5.74, 6) is -0.381. The van der Waals surface area contributed by atoms with E-state index in [-0.39, 0.29) is 11.3 Å². The summed E-state index contributed by atoms with van der Waals surface area (Å²) in [6, 6.07) is 7.42. The maximum atomic E-state index is 10.9. The van der Waals surface area contributed by atoms with E-state index in [4.69, 9.17) is 38.8 Å². The zero-order valence-corrected chi connectivity index (χ0v) is 13.0. The number of benzene rings is 2. The molecule has 0 heterocycles. The molecule has 7 heteroatoms. The van der Waals surface area contributed by atoms with Gasteiger partial charge in [0.2, 0.25) is 0 Å². The Morgan fingerprint density at radius 1 is 1.20 bits per heavy atom. The maximum Gasteiger partial charge on any atom is 0.337 e. The zero-order valence-electron chi connectivity index (χ0n) is 9.86. The third kappa shape index (κ3) is 3.17. The Hall–Kier alpha value is -1.43. The molecule has 2 aromatic rings. The molecule has 0 spiro atoms. The highest BCUT2D eigenvalue weighted by Gasteiger charge is 2.11. The van der Waals surface area contributed by atoms with Crippen LogP contribution in [0, 0.1) is 0 Å². The largest absolute Gasteiger partial charge is 0.478 e. The van der Waals surface area contributed by atoms with Crippen LogP contribution in [0.1, 0.15) is 10.4 Å². The molecular formula is C13H8BrCl2NO3. The van der Waals surface area contributed by atoms with E-state index >= 15 is 0 Å². The molecule has 3 N–H and O–H groups in total. The third-order valence-corrected chi connectivity index (χ3v) is 3.95. The molecule has 0 radical (unpaired) electrons. The lowest BCUT2D eigenvalue weighted by Gasteiger charge is -2.10. The number of carbonyl (C=O) groups is 1. The van der Waals surface area contributed by atoms with E-state index in [9.17, 15) is 4.79 Å². The van der Waals surface area contributed by atoms with Gasteiger partial charge in [0, 0.05) is 22.3 Å². The minimum Gasteiger partial charge on any atom is -0.478 e. The van der Waals surface area contributed by atoms with Crippen LogP contribution in [0.2, 0.25) is 10.0 Å². The van der Waals surface area contributed by atoms with Gasteiger partial charge in [-0.15, -0.1) is 0 Å². The quantitative estimate of drug-likeness (QED) is 0.594. The van der Waals surface area contributed by atoms with Gasteiger partial charge in [-0.25, -0.2) is 4.79 Å². The van der Waals surface area contributed by atoms with Gasteiger partial charge in [0.25, 0.3) is 0 Å². The van der Waals surface area contributed by atoms with E-state index in [2.05, 4.69) is 15.9 Å². The number of halogens is 3. The third-order valence-electron chi connectivity index (χ3n) is 2.46. The van der Waals surface area contributed by atoms with E-state index < -0.39 is 5.97 Å². The second kappa shape index (κ2) is 5.91. The summed E-state index contributed by atoms with van der Waals surface area (Å²) in [5, 5.41) is 9.70. The molecule has 0 aliphatic heterocycles. The summed E-state index contributed by atoms with van der Waals surface area (Å²) in [6.07, 6.45) is 0. The van der Waals surface area contributed by atoms with E-state index in [1.165, 1.54) is 18.2 Å². The number of hydrogen-bond donors (Lipinski definition) is 2. The molecule has 0 atom stereocenters. The van der Waals surface area contributed by atoms with E-state index in [0.717, 1.165) is 0 Å². The first-order valence-electron chi connectivity index (χ1n) is 5.33. The van der Waals surface area contributed by atoms with E-state index in [1.54, 1.807) is 12.1 Å². The number of aromatic carboxylic acids is 1. The van der Waals surface area contributed by atoms with Crippen LogP contribution >= 0.6 is 39.1 Å². The predicted molar refractivity (Wildman–Crippen MR) is 82.0 cm³/mol. The summed E-state index contributed by atoms with van der Waals surface area (Å²) < 4.78 is 6.20. The highest BCUT2D eigenvalue weighted by atomic mass is 79.9. The van der Waals surface area contributed by atoms with Gasteiger partial charge in [0.15, 0.2) is 0 Å². The second-order valence-corrected chi connectivity index (χ2v) is 5.52. The van der Waals surface area contributed by atoms with Crippen LogP contribution in [0.3, 0.4) is 0 Å². The molecule has 0 aliphatic rings. The fourth-order valence-corrected chi connectivity index (χ4v) is 2.34. The molecule has 0 bridgehead atoms. The number of rotatable bonds is 3. The Labute approximate surface area is 133 Å². The van der Waals surface area contributed by atoms with Gasteiger partial charge in [-0.3, -0.25) is 0 Å². The van der Waals surface area contributed by atoms with Crippen molar-refractivity contribution in [2.45, 2.75) is 0 Å². The molecule has 0 aromatic heterocycles. The van der Waals surface area contributed by atoms with Crippen LogP contribution in [0.4, 0.5) is 5.69 Å². The molecule has 0 aliphatic carbocycles. The predicted octanol–water partition coefficient (Wildman–Crippen LogP) is 4.83. The summed E-state index contributed by atoms with van der Waals surface area (Å²) in [7, 11) is 0. The van der Waals surface area contributed by atoms with Crippen molar-refractivity contribution in [2.75, 3.05) is 5.73 Å². The molecule has 104 valence electrons. The van der Waals surface area contributed by atoms with Crippen LogP contribution < -0.4 is 10.5 Å². The van der Waals surface area contributed by atoms with Gasteiger partial charge in [0.05, 0.1) is 15.6 Å². The molecule has 0 saturated carbocycles.